The number of hydrogen-bond acceptors (Lipinski definition) is 30. The fraction of sp³-hybridized carbons (Fsp3) is 0.458. The van der Waals surface area contributed by atoms with E-state index in [0.29, 0.717) is 42.8 Å². The van der Waals surface area contributed by atoms with Gasteiger partial charge in [-0.15, -0.1) is 0 Å². The van der Waals surface area contributed by atoms with Crippen LogP contribution in [-0.4, -0.2) is 266 Å². The van der Waals surface area contributed by atoms with Crippen molar-refractivity contribution in [2.75, 3.05) is 65.3 Å². The van der Waals surface area contributed by atoms with Crippen LogP contribution >= 0.6 is 46.4 Å². The van der Waals surface area contributed by atoms with E-state index in [1.165, 1.54) is 19.2 Å². The Bertz CT molecular complexity index is 5340. The predicted octanol–water partition coefficient (Wildman–Crippen LogP) is 1.81. The third-order valence-corrected chi connectivity index (χ3v) is 24.7. The zero-order valence-corrected chi connectivity index (χ0v) is 73.6. The lowest BCUT2D eigenvalue weighted by Gasteiger charge is -2.48. The number of primary amides is 1. The molecule has 3 fully saturated rings. The van der Waals surface area contributed by atoms with Crippen molar-refractivity contribution in [2.24, 2.45) is 11.7 Å². The Kier molecular flexibility index (Phi) is 31.7. The lowest BCUT2D eigenvalue weighted by molar-refractivity contribution is -0.334. The van der Waals surface area contributed by atoms with Gasteiger partial charge in [0.1, 0.15) is 95.5 Å². The highest BCUT2D eigenvalue weighted by Gasteiger charge is 2.53. The van der Waals surface area contributed by atoms with Gasteiger partial charge in [0.15, 0.2) is 23.9 Å². The highest BCUT2D eigenvalue weighted by Crippen LogP contribution is 2.50. The van der Waals surface area contributed by atoms with E-state index in [1.807, 2.05) is 19.3 Å². The van der Waals surface area contributed by atoms with Crippen LogP contribution in [0.2, 0.25) is 20.1 Å². The van der Waals surface area contributed by atoms with Crippen LogP contribution in [0.3, 0.4) is 0 Å². The summed E-state index contributed by atoms with van der Waals surface area (Å²) < 4.78 is 72.1. The van der Waals surface area contributed by atoms with Gasteiger partial charge in [-0.25, -0.2) is 10.3 Å². The minimum absolute atomic E-state index is 0.130. The molecule has 11 bridgehead atoms. The summed E-state index contributed by atoms with van der Waals surface area (Å²) in [6, 6.07) is 3.65. The summed E-state index contributed by atoms with van der Waals surface area (Å²) in [5.74, 6) is -16.9. The fourth-order valence-electron chi connectivity index (χ4n) is 15.8. The number of carbonyl (C=O) groups excluding carboxylic acids is 9. The number of piperazine rings is 1. The number of nitrogens with one attached hydrogen (secondary N) is 10. The van der Waals surface area contributed by atoms with Crippen LogP contribution < -0.4 is 73.3 Å². The molecule has 0 radical (unpaired) electrons. The van der Waals surface area contributed by atoms with Crippen LogP contribution in [0.1, 0.15) is 117 Å². The molecule has 46 heteroatoms. The second-order valence-electron chi connectivity index (χ2n) is 32.4. The highest BCUT2D eigenvalue weighted by atomic mass is 35.5. The molecular weight excluding hydrogens is 1800 g/mol. The first-order valence-electron chi connectivity index (χ1n) is 40.8. The zero-order chi connectivity index (χ0) is 93.5. The number of phenolic OH excluding ortho intramolecular Hbond substituents is 3. The molecule has 41 nitrogen and oxygen atoms in total. The lowest BCUT2D eigenvalue weighted by atomic mass is 9.85. The summed E-state index contributed by atoms with van der Waals surface area (Å²) in [7, 11) is -3.08. The number of aromatic hydroxyl groups is 3. The minimum Gasteiger partial charge on any atom is -0.508 e. The van der Waals surface area contributed by atoms with Gasteiger partial charge < -0.3 is 133 Å². The van der Waals surface area contributed by atoms with E-state index < -0.39 is 277 Å². The number of ether oxygens (including phenoxy) is 6. The standard InChI is InChI=1S/C83H99Cl4N13O28S/c1-36(2)23-50(89-5)74(111)96-65-67(106)40-9-13-54(48(86)26-40)124-56-28-42-29-57(71(56)128-81-72(70(109)69(108)58(35-101)126-81)127-60-33-83(4,73(110)37(3)123-60)91-15-16-99-17-19-100(20-18-99)82(118)90-34-38-7-11-46(84)47(85)24-38)125-55-14-10-41(27-49(55)87)68(107)66-79(116)95-64(80(117)98-122-21-6-22-129(119,120)121)45-30-43(102)31-53(104)61(45)44-25-39(8-12-52(44)103)62(76(113)97-66)94-77(114)63(42)93-75(112)51(32-59(88)105)92-78(65)115/h7-14,24-31,36-37,50-51,58,60,62-70,72-73,81,89,91,101-104,106-110H,6,15-23,32-35H2,1-5H3,(H2,88,105)(H,90,118)(H,92,115)(H,93,112)(H,94,114)(H,95,116)(H,96,111)(H,97,113)(H,98,117)(H,119,120,121)/t37-,50+,51-,58+,60-,62+,63+,64+,65+,66-,67+,68+,69+,70-,72+,73+,81-,83-/m0/s1. The van der Waals surface area contributed by atoms with Gasteiger partial charge >= 0.3 is 6.03 Å². The molecule has 8 heterocycles. The number of phenols is 3. The molecule has 8 aliphatic heterocycles. The number of benzene rings is 6. The van der Waals surface area contributed by atoms with Crippen molar-refractivity contribution < 1.29 is 135 Å². The second kappa shape index (κ2) is 41.9. The van der Waals surface area contributed by atoms with Crippen LogP contribution in [0.15, 0.2) is 97.1 Å². The lowest BCUT2D eigenvalue weighted by Crippen LogP contribution is -2.66. The van der Waals surface area contributed by atoms with Crippen molar-refractivity contribution in [1.29, 1.82) is 0 Å². The van der Waals surface area contributed by atoms with Crippen LogP contribution in [-0.2, 0) is 74.1 Å². The van der Waals surface area contributed by atoms with Crippen LogP contribution in [0.25, 0.3) is 11.1 Å². The first-order chi connectivity index (χ1) is 61.1. The van der Waals surface area contributed by atoms with Gasteiger partial charge in [-0.05, 0) is 140 Å². The number of nitrogens with two attached hydrogens (primary N) is 1. The quantitative estimate of drug-likeness (QED) is 0.0233. The van der Waals surface area contributed by atoms with E-state index in [4.69, 9.17) is 85.4 Å². The Morgan fingerprint density at radius 3 is 1.97 bits per heavy atom. The second-order valence-corrected chi connectivity index (χ2v) is 35.6. The van der Waals surface area contributed by atoms with Crippen LogP contribution in [0.4, 0.5) is 4.79 Å². The van der Waals surface area contributed by atoms with E-state index >= 15 is 24.0 Å². The number of amides is 10. The molecule has 0 spiro atoms. The number of hydrogen-bond donors (Lipinski definition) is 21. The van der Waals surface area contributed by atoms with Crippen LogP contribution in [0.5, 0.6) is 46.0 Å². The Morgan fingerprint density at radius 2 is 1.34 bits per heavy atom. The smallest absolute Gasteiger partial charge is 0.317 e. The number of nitrogens with zero attached hydrogens (tertiary/aromatic N) is 2. The van der Waals surface area contributed by atoms with Crippen molar-refractivity contribution in [2.45, 2.75) is 169 Å². The highest BCUT2D eigenvalue weighted by molar-refractivity contribution is 7.85. The van der Waals surface area contributed by atoms with Crippen LogP contribution in [0, 0.1) is 5.92 Å². The number of rotatable bonds is 24. The van der Waals surface area contributed by atoms with Crippen molar-refractivity contribution in [3.8, 4) is 57.1 Å². The minimum atomic E-state index is -4.55. The number of urea groups is 1. The molecule has 3 saturated heterocycles. The topological polar surface area (TPSA) is 607 Å². The third kappa shape index (κ3) is 23.4. The van der Waals surface area contributed by atoms with Gasteiger partial charge in [0, 0.05) is 75.0 Å². The summed E-state index contributed by atoms with van der Waals surface area (Å²) in [5, 5.41) is 131. The van der Waals surface area contributed by atoms with Gasteiger partial charge in [0.2, 0.25) is 53.4 Å². The number of halogens is 4. The molecule has 698 valence electrons. The van der Waals surface area contributed by atoms with Crippen molar-refractivity contribution >= 4 is 110 Å². The first kappa shape index (κ1) is 97.8. The molecule has 129 heavy (non-hydrogen) atoms. The first-order valence-corrected chi connectivity index (χ1v) is 44.0. The Labute approximate surface area is 757 Å². The summed E-state index contributed by atoms with van der Waals surface area (Å²) in [6.07, 6.45) is -19.6. The van der Waals surface area contributed by atoms with Crippen molar-refractivity contribution in [3.05, 3.63) is 151 Å². The molecule has 10 amide bonds. The fourth-order valence-corrected chi connectivity index (χ4v) is 17.0. The molecule has 18 atom stereocenters. The molecule has 0 unspecified atom stereocenters. The van der Waals surface area contributed by atoms with E-state index in [1.54, 1.807) is 36.9 Å². The number of likely N-dealkylation sites (N-methyl/N-ethyl adjacent to an activating group) is 1. The Hall–Kier alpha value is -10.3. The van der Waals surface area contributed by atoms with E-state index in [-0.39, 0.29) is 54.8 Å². The summed E-state index contributed by atoms with van der Waals surface area (Å²) in [5.41, 5.74) is 4.26. The van der Waals surface area contributed by atoms with Gasteiger partial charge in [-0.1, -0.05) is 84.5 Å². The molecule has 0 aromatic heterocycles. The van der Waals surface area contributed by atoms with Gasteiger partial charge in [-0.2, -0.15) is 8.42 Å². The molecule has 0 saturated carbocycles. The zero-order valence-electron chi connectivity index (χ0n) is 69.7. The maximum Gasteiger partial charge on any atom is 0.317 e. The van der Waals surface area contributed by atoms with E-state index in [0.717, 1.165) is 72.3 Å². The summed E-state index contributed by atoms with van der Waals surface area (Å²) >= 11 is 26.7. The Morgan fingerprint density at radius 1 is 0.698 bits per heavy atom. The van der Waals surface area contributed by atoms with E-state index in [2.05, 4.69) is 52.8 Å². The molecule has 6 aromatic carbocycles. The number of carbonyl (C=O) groups is 9. The number of hydroxylamine groups is 1. The molecule has 6 aromatic rings. The Balaban J connectivity index is 0.981. The average Bonchev–Trinajstić information content (AvgIpc) is 0.762. The average molecular weight is 1900 g/mol. The van der Waals surface area contributed by atoms with Gasteiger partial charge in [0.25, 0.3) is 16.0 Å². The number of fused-ring (bicyclic) bond motifs is 15. The van der Waals surface area contributed by atoms with Gasteiger partial charge in [-0.3, -0.25) is 52.6 Å². The third-order valence-electron chi connectivity index (χ3n) is 22.6. The maximum absolute atomic E-state index is 16.4. The normalized spacial score (nSPS) is 26.6. The summed E-state index contributed by atoms with van der Waals surface area (Å²) in [4.78, 5) is 143. The monoisotopic (exact) mass is 1900 g/mol. The summed E-state index contributed by atoms with van der Waals surface area (Å²) in [6.45, 7) is 7.87. The molecule has 14 rings (SSSR count). The van der Waals surface area contributed by atoms with Gasteiger partial charge in [0.05, 0.1) is 63.7 Å². The largest absolute Gasteiger partial charge is 0.508 e. The number of aliphatic hydroxyl groups is 6. The van der Waals surface area contributed by atoms with Crippen molar-refractivity contribution in [1.82, 2.24) is 63.1 Å². The molecule has 8 aliphatic rings. The predicted molar refractivity (Wildman–Crippen MR) is 457 cm³/mol. The molecule has 0 aliphatic carbocycles. The molecule has 22 N–H and O–H groups in total. The molecular formula is C83H99Cl4N13O28S. The maximum atomic E-state index is 16.4. The SMILES string of the molecule is CN[C@H](CC(C)C)C(=O)N[C@H]1C(=O)N[C@@H](CC(N)=O)C(=O)N[C@H]2C(=O)N[C@H]3C(=O)N[C@H](C(=O)N[C@@H](C(=O)NOCCCS(=O)(=O)O)c4cc(O)cc(O)c4-c4cc3ccc4O)[C@H](O)c3ccc(c(Cl)c3)Oc3cc2cc(c3O[C@@H]2O[C@H](CO)[C@@H](O)[C@H](O)[C@H]2O[C@H]2C[C@](C)(NCCN3CCN(C(=O)NCc4ccc(Cl)c(Cl)c4)CC3)[C@H](O)[C@H](C)O2)Oc2ccc(cc2Cl)[C@H]1O. The van der Waals surface area contributed by atoms with E-state index in [9.17, 15) is 78.1 Å². The van der Waals surface area contributed by atoms with Crippen molar-refractivity contribution in [3.63, 3.8) is 0 Å². The number of aliphatic hydroxyl groups excluding tert-OH is 6.